The largest absolute Gasteiger partial charge is 0.477 e. The summed E-state index contributed by atoms with van der Waals surface area (Å²) in [6, 6.07) is 2.15. The minimum Gasteiger partial charge on any atom is -0.477 e. The molecule has 1 unspecified atom stereocenters. The molecule has 1 aliphatic rings. The van der Waals surface area contributed by atoms with Crippen molar-refractivity contribution in [3.63, 3.8) is 0 Å². The first-order valence-electron chi connectivity index (χ1n) is 6.49. The Hall–Kier alpha value is -1.54. The molecular formula is C13H20N4O. The van der Waals surface area contributed by atoms with Crippen molar-refractivity contribution < 1.29 is 4.74 Å². The average molecular weight is 248 g/mol. The minimum absolute atomic E-state index is 0.555. The highest BCUT2D eigenvalue weighted by atomic mass is 16.5. The number of aryl methyl sites for hydroxylation is 2. The fourth-order valence-electron chi connectivity index (χ4n) is 2.42. The molecule has 0 aromatic carbocycles. The Balaban J connectivity index is 1.88. The first kappa shape index (κ1) is 12.9. The number of nitriles is 1. The second-order valence-electron chi connectivity index (χ2n) is 4.85. The number of nitrogens with one attached hydrogen (secondary N) is 1. The van der Waals surface area contributed by atoms with Crippen molar-refractivity contribution in [2.24, 2.45) is 13.0 Å². The Labute approximate surface area is 108 Å². The van der Waals surface area contributed by atoms with Crippen molar-refractivity contribution in [1.82, 2.24) is 15.1 Å². The summed E-state index contributed by atoms with van der Waals surface area (Å²) in [5, 5.41) is 16.7. The summed E-state index contributed by atoms with van der Waals surface area (Å²) in [5.41, 5.74) is 1.29. The number of piperidine rings is 1. The molecule has 0 spiro atoms. The van der Waals surface area contributed by atoms with E-state index in [9.17, 15) is 0 Å². The van der Waals surface area contributed by atoms with Crippen LogP contribution in [0.1, 0.15) is 30.5 Å². The maximum absolute atomic E-state index is 9.07. The monoisotopic (exact) mass is 248 g/mol. The van der Waals surface area contributed by atoms with Crippen LogP contribution in [0.3, 0.4) is 0 Å². The second kappa shape index (κ2) is 5.87. The normalized spacial score (nSPS) is 19.5. The zero-order valence-corrected chi connectivity index (χ0v) is 11.1. The van der Waals surface area contributed by atoms with Crippen LogP contribution in [-0.2, 0) is 7.05 Å². The van der Waals surface area contributed by atoms with Gasteiger partial charge in [-0.2, -0.15) is 10.4 Å². The van der Waals surface area contributed by atoms with E-state index in [2.05, 4.69) is 16.5 Å². The van der Waals surface area contributed by atoms with E-state index in [1.807, 2.05) is 14.0 Å². The van der Waals surface area contributed by atoms with Crippen LogP contribution in [0.4, 0.5) is 0 Å². The van der Waals surface area contributed by atoms with Gasteiger partial charge in [0.05, 0.1) is 12.3 Å². The SMILES string of the molecule is Cc1nn(C)c(OCCC2CCCNC2)c1C#N. The molecule has 0 saturated carbocycles. The summed E-state index contributed by atoms with van der Waals surface area (Å²) in [6.45, 7) is 4.70. The van der Waals surface area contributed by atoms with Gasteiger partial charge in [-0.3, -0.25) is 0 Å². The molecule has 1 fully saturated rings. The number of rotatable bonds is 4. The number of nitrogens with zero attached hydrogens (tertiary/aromatic N) is 3. The predicted octanol–water partition coefficient (Wildman–Crippen LogP) is 1.37. The van der Waals surface area contributed by atoms with Crippen molar-refractivity contribution in [3.05, 3.63) is 11.3 Å². The van der Waals surface area contributed by atoms with E-state index in [-0.39, 0.29) is 0 Å². The van der Waals surface area contributed by atoms with Gasteiger partial charge in [-0.05, 0) is 45.2 Å². The lowest BCUT2D eigenvalue weighted by Gasteiger charge is -2.22. The Morgan fingerprint density at radius 1 is 1.61 bits per heavy atom. The first-order chi connectivity index (χ1) is 8.72. The molecule has 1 saturated heterocycles. The van der Waals surface area contributed by atoms with E-state index in [1.165, 1.54) is 12.8 Å². The molecule has 1 aliphatic heterocycles. The molecule has 18 heavy (non-hydrogen) atoms. The van der Waals surface area contributed by atoms with Gasteiger partial charge in [0.2, 0.25) is 5.88 Å². The number of aromatic nitrogens is 2. The third-order valence-electron chi connectivity index (χ3n) is 3.45. The molecule has 0 aliphatic carbocycles. The smallest absolute Gasteiger partial charge is 0.230 e. The Bertz CT molecular complexity index is 441. The lowest BCUT2D eigenvalue weighted by molar-refractivity contribution is 0.239. The molecule has 1 atom stereocenters. The van der Waals surface area contributed by atoms with E-state index in [1.54, 1.807) is 4.68 Å². The molecule has 1 aromatic rings. The molecular weight excluding hydrogens is 228 g/mol. The van der Waals surface area contributed by atoms with Crippen LogP contribution < -0.4 is 10.1 Å². The van der Waals surface area contributed by atoms with Crippen LogP contribution in [0.2, 0.25) is 0 Å². The predicted molar refractivity (Wildman–Crippen MR) is 68.4 cm³/mol. The van der Waals surface area contributed by atoms with Crippen molar-refractivity contribution >= 4 is 0 Å². The van der Waals surface area contributed by atoms with Gasteiger partial charge >= 0.3 is 0 Å². The van der Waals surface area contributed by atoms with Crippen LogP contribution in [0.15, 0.2) is 0 Å². The lowest BCUT2D eigenvalue weighted by Crippen LogP contribution is -2.30. The summed E-state index contributed by atoms with van der Waals surface area (Å²) >= 11 is 0. The molecule has 5 nitrogen and oxygen atoms in total. The Morgan fingerprint density at radius 3 is 3.11 bits per heavy atom. The summed E-state index contributed by atoms with van der Waals surface area (Å²) in [4.78, 5) is 0. The molecule has 1 N–H and O–H groups in total. The fraction of sp³-hybridized carbons (Fsp3) is 0.692. The highest BCUT2D eigenvalue weighted by molar-refractivity contribution is 5.41. The van der Waals surface area contributed by atoms with E-state index < -0.39 is 0 Å². The van der Waals surface area contributed by atoms with Gasteiger partial charge < -0.3 is 10.1 Å². The van der Waals surface area contributed by atoms with Crippen molar-refractivity contribution in [3.8, 4) is 11.9 Å². The molecule has 1 aromatic heterocycles. The molecule has 0 radical (unpaired) electrons. The molecule has 2 heterocycles. The van der Waals surface area contributed by atoms with Gasteiger partial charge in [0.25, 0.3) is 0 Å². The third-order valence-corrected chi connectivity index (χ3v) is 3.45. The molecule has 0 amide bonds. The number of ether oxygens (including phenoxy) is 1. The van der Waals surface area contributed by atoms with E-state index in [0.29, 0.717) is 24.0 Å². The molecule has 2 rings (SSSR count). The first-order valence-corrected chi connectivity index (χ1v) is 6.49. The lowest BCUT2D eigenvalue weighted by atomic mass is 9.97. The van der Waals surface area contributed by atoms with Crippen molar-refractivity contribution in [2.45, 2.75) is 26.2 Å². The number of hydrogen-bond acceptors (Lipinski definition) is 4. The topological polar surface area (TPSA) is 62.9 Å². The zero-order chi connectivity index (χ0) is 13.0. The van der Waals surface area contributed by atoms with Crippen molar-refractivity contribution in [2.75, 3.05) is 19.7 Å². The molecule has 0 bridgehead atoms. The van der Waals surface area contributed by atoms with Crippen LogP contribution in [-0.4, -0.2) is 29.5 Å². The van der Waals surface area contributed by atoms with Gasteiger partial charge in [-0.15, -0.1) is 0 Å². The average Bonchev–Trinajstić information content (AvgIpc) is 2.65. The number of hydrogen-bond donors (Lipinski definition) is 1. The van der Waals surface area contributed by atoms with E-state index >= 15 is 0 Å². The summed E-state index contributed by atoms with van der Waals surface area (Å²) in [7, 11) is 1.81. The fourth-order valence-corrected chi connectivity index (χ4v) is 2.42. The summed E-state index contributed by atoms with van der Waals surface area (Å²) in [5.74, 6) is 1.29. The summed E-state index contributed by atoms with van der Waals surface area (Å²) < 4.78 is 7.38. The van der Waals surface area contributed by atoms with Crippen LogP contribution in [0.25, 0.3) is 0 Å². The van der Waals surface area contributed by atoms with E-state index in [0.717, 1.165) is 25.2 Å². The Morgan fingerprint density at radius 2 is 2.44 bits per heavy atom. The molecule has 5 heteroatoms. The van der Waals surface area contributed by atoms with Crippen LogP contribution >= 0.6 is 0 Å². The standard InChI is InChI=1S/C13H20N4O/c1-10-12(8-14)13(17(2)16-10)18-7-5-11-4-3-6-15-9-11/h11,15H,3-7,9H2,1-2H3. The van der Waals surface area contributed by atoms with Crippen LogP contribution in [0, 0.1) is 24.2 Å². The third kappa shape index (κ3) is 2.82. The van der Waals surface area contributed by atoms with Gasteiger partial charge in [0.1, 0.15) is 11.6 Å². The van der Waals surface area contributed by atoms with Crippen molar-refractivity contribution in [1.29, 1.82) is 5.26 Å². The van der Waals surface area contributed by atoms with Gasteiger partial charge in [-0.25, -0.2) is 4.68 Å². The van der Waals surface area contributed by atoms with Gasteiger partial charge in [0.15, 0.2) is 0 Å². The van der Waals surface area contributed by atoms with Crippen LogP contribution in [0.5, 0.6) is 5.88 Å². The molecule has 98 valence electrons. The maximum Gasteiger partial charge on any atom is 0.230 e. The highest BCUT2D eigenvalue weighted by Gasteiger charge is 2.16. The zero-order valence-electron chi connectivity index (χ0n) is 11.1. The Kier molecular flexibility index (Phi) is 4.21. The second-order valence-corrected chi connectivity index (χ2v) is 4.85. The minimum atomic E-state index is 0.555. The van der Waals surface area contributed by atoms with E-state index in [4.69, 9.17) is 10.00 Å². The quantitative estimate of drug-likeness (QED) is 0.874. The van der Waals surface area contributed by atoms with Gasteiger partial charge in [0, 0.05) is 7.05 Å². The maximum atomic E-state index is 9.07. The highest BCUT2D eigenvalue weighted by Crippen LogP contribution is 2.21. The summed E-state index contributed by atoms with van der Waals surface area (Å²) in [6.07, 6.45) is 3.55. The van der Waals surface area contributed by atoms with Gasteiger partial charge in [-0.1, -0.05) is 0 Å².